The zero-order valence-electron chi connectivity index (χ0n) is 6.92. The van der Waals surface area contributed by atoms with Crippen LogP contribution >= 0.6 is 22.3 Å². The van der Waals surface area contributed by atoms with Gasteiger partial charge in [-0.1, -0.05) is 23.7 Å². The average molecular weight is 239 g/mol. The fraction of sp³-hybridized carbons (Fsp3) is 0.250. The van der Waals surface area contributed by atoms with Crippen molar-refractivity contribution < 1.29 is 8.42 Å². The van der Waals surface area contributed by atoms with E-state index in [0.717, 1.165) is 5.56 Å². The molecule has 0 aliphatic rings. The van der Waals surface area contributed by atoms with E-state index in [1.54, 1.807) is 18.2 Å². The van der Waals surface area contributed by atoms with Gasteiger partial charge < -0.3 is 0 Å². The van der Waals surface area contributed by atoms with Crippen LogP contribution in [0.2, 0.25) is 5.02 Å². The van der Waals surface area contributed by atoms with Gasteiger partial charge in [0.2, 0.25) is 9.05 Å². The van der Waals surface area contributed by atoms with E-state index in [-0.39, 0.29) is 5.75 Å². The van der Waals surface area contributed by atoms with Crippen LogP contribution < -0.4 is 0 Å². The molecule has 0 spiro atoms. The molecule has 72 valence electrons. The molecule has 1 rings (SSSR count). The molecule has 0 aliphatic heterocycles. The average Bonchev–Trinajstić information content (AvgIpc) is 1.94. The number of aryl methyl sites for hydroxylation is 1. The molecule has 5 heteroatoms. The third kappa shape index (κ3) is 3.55. The summed E-state index contributed by atoms with van der Waals surface area (Å²) in [6, 6.07) is 5.07. The van der Waals surface area contributed by atoms with E-state index in [0.29, 0.717) is 10.6 Å². The minimum atomic E-state index is -3.49. The Kier molecular flexibility index (Phi) is 3.22. The van der Waals surface area contributed by atoms with Gasteiger partial charge in [0.25, 0.3) is 0 Å². The molecule has 1 aromatic carbocycles. The third-order valence-electron chi connectivity index (χ3n) is 1.58. The highest BCUT2D eigenvalue weighted by Gasteiger charge is 2.07. The van der Waals surface area contributed by atoms with E-state index in [1.165, 1.54) is 0 Å². The molecule has 0 heterocycles. The maximum Gasteiger partial charge on any atom is 0.236 e. The summed E-state index contributed by atoms with van der Waals surface area (Å²) in [5, 5.41) is 0.554. The van der Waals surface area contributed by atoms with Gasteiger partial charge in [-0.3, -0.25) is 0 Å². The predicted molar refractivity (Wildman–Crippen MR) is 54.7 cm³/mol. The first-order chi connectivity index (χ1) is 5.88. The molecular weight excluding hydrogens is 231 g/mol. The largest absolute Gasteiger partial charge is 0.236 e. The fourth-order valence-electron chi connectivity index (χ4n) is 0.925. The van der Waals surface area contributed by atoms with Crippen LogP contribution in [0.15, 0.2) is 18.2 Å². The Morgan fingerprint density at radius 2 is 2.00 bits per heavy atom. The van der Waals surface area contributed by atoms with Gasteiger partial charge in [-0.05, 0) is 24.1 Å². The SMILES string of the molecule is Cc1ccc(CS(=O)(=O)Cl)cc1Cl. The maximum absolute atomic E-state index is 10.7. The van der Waals surface area contributed by atoms with Crippen LogP contribution in [0.3, 0.4) is 0 Å². The van der Waals surface area contributed by atoms with Crippen molar-refractivity contribution in [3.8, 4) is 0 Å². The van der Waals surface area contributed by atoms with E-state index in [4.69, 9.17) is 22.3 Å². The quantitative estimate of drug-likeness (QED) is 0.743. The third-order valence-corrected chi connectivity index (χ3v) is 2.99. The molecular formula is C8H8Cl2O2S. The van der Waals surface area contributed by atoms with Crippen molar-refractivity contribution in [1.29, 1.82) is 0 Å². The van der Waals surface area contributed by atoms with Crippen LogP contribution in [0.4, 0.5) is 0 Å². The monoisotopic (exact) mass is 238 g/mol. The second-order valence-electron chi connectivity index (χ2n) is 2.77. The second kappa shape index (κ2) is 3.86. The maximum atomic E-state index is 10.7. The Morgan fingerprint density at radius 3 is 2.46 bits per heavy atom. The molecule has 0 radical (unpaired) electrons. The number of benzene rings is 1. The molecule has 13 heavy (non-hydrogen) atoms. The lowest BCUT2D eigenvalue weighted by Crippen LogP contribution is -1.95. The van der Waals surface area contributed by atoms with Gasteiger partial charge in [-0.2, -0.15) is 0 Å². The Labute approximate surface area is 86.9 Å². The zero-order chi connectivity index (χ0) is 10.1. The Hall–Kier alpha value is -0.250. The van der Waals surface area contributed by atoms with Crippen LogP contribution in [0.5, 0.6) is 0 Å². The van der Waals surface area contributed by atoms with Crippen molar-refractivity contribution in [3.63, 3.8) is 0 Å². The van der Waals surface area contributed by atoms with Gasteiger partial charge in [0.15, 0.2) is 0 Å². The molecule has 2 nitrogen and oxygen atoms in total. The highest BCUT2D eigenvalue weighted by atomic mass is 35.7. The van der Waals surface area contributed by atoms with E-state index >= 15 is 0 Å². The van der Waals surface area contributed by atoms with Gasteiger partial charge in [0.05, 0.1) is 5.75 Å². The molecule has 0 saturated heterocycles. The topological polar surface area (TPSA) is 34.1 Å². The number of halogens is 2. The second-order valence-corrected chi connectivity index (χ2v) is 5.95. The van der Waals surface area contributed by atoms with Gasteiger partial charge in [-0.25, -0.2) is 8.42 Å². The van der Waals surface area contributed by atoms with Crippen molar-refractivity contribution in [2.45, 2.75) is 12.7 Å². The normalized spacial score (nSPS) is 11.6. The van der Waals surface area contributed by atoms with Gasteiger partial charge in [-0.15, -0.1) is 0 Å². The van der Waals surface area contributed by atoms with Crippen LogP contribution in [0.25, 0.3) is 0 Å². The standard InChI is InChI=1S/C8H8Cl2O2S/c1-6-2-3-7(4-8(6)9)5-13(10,11)12/h2-4H,5H2,1H3. The number of hydrogen-bond acceptors (Lipinski definition) is 2. The highest BCUT2D eigenvalue weighted by molar-refractivity contribution is 8.13. The highest BCUT2D eigenvalue weighted by Crippen LogP contribution is 2.19. The number of hydrogen-bond donors (Lipinski definition) is 0. The fourth-order valence-corrected chi connectivity index (χ4v) is 2.08. The van der Waals surface area contributed by atoms with Crippen LogP contribution in [-0.4, -0.2) is 8.42 Å². The molecule has 0 aromatic heterocycles. The Morgan fingerprint density at radius 1 is 1.38 bits per heavy atom. The van der Waals surface area contributed by atoms with Crippen LogP contribution in [-0.2, 0) is 14.8 Å². The van der Waals surface area contributed by atoms with E-state index < -0.39 is 9.05 Å². The summed E-state index contributed by atoms with van der Waals surface area (Å²) >= 11 is 5.80. The molecule has 0 atom stereocenters. The first kappa shape index (κ1) is 10.8. The van der Waals surface area contributed by atoms with Crippen molar-refractivity contribution in [2.75, 3.05) is 0 Å². The summed E-state index contributed by atoms with van der Waals surface area (Å²) in [7, 11) is 1.60. The van der Waals surface area contributed by atoms with Crippen LogP contribution in [0.1, 0.15) is 11.1 Å². The molecule has 1 aromatic rings. The van der Waals surface area contributed by atoms with Crippen molar-refractivity contribution in [2.24, 2.45) is 0 Å². The molecule has 0 N–H and O–H groups in total. The summed E-state index contributed by atoms with van der Waals surface area (Å²) in [5.41, 5.74) is 1.52. The minimum Gasteiger partial charge on any atom is -0.212 e. The van der Waals surface area contributed by atoms with E-state index in [1.807, 2.05) is 6.92 Å². The predicted octanol–water partition coefficient (Wildman–Crippen LogP) is 2.72. The lowest BCUT2D eigenvalue weighted by molar-refractivity contribution is 0.609. The lowest BCUT2D eigenvalue weighted by Gasteiger charge is -2.01. The molecule has 0 bridgehead atoms. The van der Waals surface area contributed by atoms with Crippen molar-refractivity contribution in [3.05, 3.63) is 34.3 Å². The van der Waals surface area contributed by atoms with E-state index in [9.17, 15) is 8.42 Å². The summed E-state index contributed by atoms with van der Waals surface area (Å²) in [6.07, 6.45) is 0. The Balaban J connectivity index is 2.99. The summed E-state index contributed by atoms with van der Waals surface area (Å²) in [4.78, 5) is 0. The molecule has 0 unspecified atom stereocenters. The lowest BCUT2D eigenvalue weighted by atomic mass is 10.2. The van der Waals surface area contributed by atoms with Gasteiger partial charge >= 0.3 is 0 Å². The summed E-state index contributed by atoms with van der Waals surface area (Å²) in [6.45, 7) is 1.85. The van der Waals surface area contributed by atoms with E-state index in [2.05, 4.69) is 0 Å². The van der Waals surface area contributed by atoms with Crippen LogP contribution in [0, 0.1) is 6.92 Å². The van der Waals surface area contributed by atoms with Gasteiger partial charge in [0.1, 0.15) is 0 Å². The molecule has 0 amide bonds. The smallest absolute Gasteiger partial charge is 0.212 e. The van der Waals surface area contributed by atoms with Gasteiger partial charge in [0, 0.05) is 15.7 Å². The minimum absolute atomic E-state index is 0.186. The summed E-state index contributed by atoms with van der Waals surface area (Å²) in [5.74, 6) is -0.186. The summed E-state index contributed by atoms with van der Waals surface area (Å²) < 4.78 is 21.4. The zero-order valence-corrected chi connectivity index (χ0v) is 9.25. The van der Waals surface area contributed by atoms with Crippen molar-refractivity contribution >= 4 is 31.3 Å². The van der Waals surface area contributed by atoms with Crippen molar-refractivity contribution in [1.82, 2.24) is 0 Å². The molecule has 0 saturated carbocycles. The molecule has 0 aliphatic carbocycles. The first-order valence-electron chi connectivity index (χ1n) is 3.56. The first-order valence-corrected chi connectivity index (χ1v) is 6.41. The molecule has 0 fully saturated rings. The Bertz CT molecular complexity index is 412. The number of rotatable bonds is 2.